The maximum Gasteiger partial charge on any atom is 0.220 e. The highest BCUT2D eigenvalue weighted by Crippen LogP contribution is 2.22. The first kappa shape index (κ1) is 17.9. The number of ketones is 1. The van der Waals surface area contributed by atoms with Crippen LogP contribution in [0.4, 0.5) is 0 Å². The van der Waals surface area contributed by atoms with Crippen LogP contribution in [0.1, 0.15) is 53.2 Å². The van der Waals surface area contributed by atoms with Crippen molar-refractivity contribution in [2.75, 3.05) is 13.2 Å². The van der Waals surface area contributed by atoms with Crippen molar-refractivity contribution >= 4 is 23.0 Å². The van der Waals surface area contributed by atoms with Gasteiger partial charge >= 0.3 is 0 Å². The number of thiophene rings is 1. The van der Waals surface area contributed by atoms with Crippen molar-refractivity contribution in [3.05, 3.63) is 21.4 Å². The quantitative estimate of drug-likeness (QED) is 0.726. The Labute approximate surface area is 130 Å². The zero-order valence-electron chi connectivity index (χ0n) is 13.3. The normalized spacial score (nSPS) is 11.5. The number of amides is 1. The Kier molecular flexibility index (Phi) is 6.55. The Hall–Kier alpha value is -1.20. The lowest BCUT2D eigenvalue weighted by Gasteiger charge is -2.23. The molecule has 21 heavy (non-hydrogen) atoms. The van der Waals surface area contributed by atoms with Crippen LogP contribution >= 0.6 is 11.3 Å². The molecule has 0 aliphatic carbocycles. The van der Waals surface area contributed by atoms with Gasteiger partial charge in [-0.3, -0.25) is 9.59 Å². The van der Waals surface area contributed by atoms with Crippen molar-refractivity contribution in [2.45, 2.75) is 47.0 Å². The molecular weight excluding hydrogens is 286 g/mol. The molecule has 5 heteroatoms. The Morgan fingerprint density at radius 1 is 1.29 bits per heavy atom. The fourth-order valence-corrected chi connectivity index (χ4v) is 3.03. The van der Waals surface area contributed by atoms with E-state index < -0.39 is 0 Å². The van der Waals surface area contributed by atoms with Crippen molar-refractivity contribution in [1.29, 1.82) is 0 Å². The summed E-state index contributed by atoms with van der Waals surface area (Å²) in [7, 11) is 0. The summed E-state index contributed by atoms with van der Waals surface area (Å²) < 4.78 is 0. The summed E-state index contributed by atoms with van der Waals surface area (Å²) in [6, 6.07) is 1.89. The molecule has 0 aliphatic rings. The van der Waals surface area contributed by atoms with Crippen LogP contribution in [0.25, 0.3) is 0 Å². The zero-order valence-corrected chi connectivity index (χ0v) is 14.1. The average Bonchev–Trinajstić information content (AvgIpc) is 2.73. The summed E-state index contributed by atoms with van der Waals surface area (Å²) >= 11 is 1.61. The van der Waals surface area contributed by atoms with Crippen molar-refractivity contribution < 1.29 is 14.7 Å². The van der Waals surface area contributed by atoms with E-state index in [0.717, 1.165) is 15.3 Å². The van der Waals surface area contributed by atoms with Gasteiger partial charge in [-0.1, -0.05) is 13.8 Å². The van der Waals surface area contributed by atoms with Crippen LogP contribution in [0.5, 0.6) is 0 Å². The van der Waals surface area contributed by atoms with E-state index in [1.54, 1.807) is 11.3 Å². The molecule has 1 aromatic rings. The van der Waals surface area contributed by atoms with E-state index in [1.807, 2.05) is 33.8 Å². The second kappa shape index (κ2) is 7.71. The van der Waals surface area contributed by atoms with Gasteiger partial charge in [-0.05, 0) is 31.7 Å². The minimum atomic E-state index is -0.129. The molecule has 0 spiro atoms. The molecule has 0 fully saturated rings. The van der Waals surface area contributed by atoms with Gasteiger partial charge < -0.3 is 10.4 Å². The Morgan fingerprint density at radius 3 is 2.48 bits per heavy atom. The molecule has 4 nitrogen and oxygen atoms in total. The van der Waals surface area contributed by atoms with Crippen molar-refractivity contribution in [2.24, 2.45) is 5.41 Å². The fraction of sp³-hybridized carbons (Fsp3) is 0.625. The summed E-state index contributed by atoms with van der Waals surface area (Å²) in [4.78, 5) is 26.0. The monoisotopic (exact) mass is 311 g/mol. The Balaban J connectivity index is 2.40. The standard InChI is InChI=1S/C16H25NO3S/c1-11-9-13(12(2)21-11)14(19)5-6-15(20)17-10-16(3,4)7-8-18/h9,18H,5-8,10H2,1-4H3,(H,17,20). The van der Waals surface area contributed by atoms with E-state index in [4.69, 9.17) is 5.11 Å². The number of aliphatic hydroxyl groups is 1. The predicted molar refractivity (Wildman–Crippen MR) is 85.9 cm³/mol. The zero-order chi connectivity index (χ0) is 16.0. The number of aliphatic hydroxyl groups excluding tert-OH is 1. The van der Waals surface area contributed by atoms with Gasteiger partial charge in [0.15, 0.2) is 5.78 Å². The molecule has 0 saturated carbocycles. The lowest BCUT2D eigenvalue weighted by molar-refractivity contribution is -0.121. The second-order valence-corrected chi connectivity index (χ2v) is 7.63. The fourth-order valence-electron chi connectivity index (χ4n) is 2.09. The molecule has 0 unspecified atom stereocenters. The van der Waals surface area contributed by atoms with Crippen LogP contribution < -0.4 is 5.32 Å². The van der Waals surface area contributed by atoms with Crippen molar-refractivity contribution in [1.82, 2.24) is 5.32 Å². The molecule has 118 valence electrons. The van der Waals surface area contributed by atoms with Gasteiger partial charge in [0.25, 0.3) is 0 Å². The highest BCUT2D eigenvalue weighted by Gasteiger charge is 2.19. The first-order valence-electron chi connectivity index (χ1n) is 7.23. The number of hydrogen-bond donors (Lipinski definition) is 2. The molecule has 0 bridgehead atoms. The summed E-state index contributed by atoms with van der Waals surface area (Å²) in [6.45, 7) is 8.51. The predicted octanol–water partition coefficient (Wildman–Crippen LogP) is 2.85. The highest BCUT2D eigenvalue weighted by atomic mass is 32.1. The molecule has 1 amide bonds. The Morgan fingerprint density at radius 2 is 1.95 bits per heavy atom. The summed E-state index contributed by atoms with van der Waals surface area (Å²) in [5.41, 5.74) is 0.612. The van der Waals surface area contributed by atoms with Crippen LogP contribution in [0, 0.1) is 19.3 Å². The van der Waals surface area contributed by atoms with E-state index in [0.29, 0.717) is 13.0 Å². The molecule has 1 aromatic heterocycles. The van der Waals surface area contributed by atoms with Crippen molar-refractivity contribution in [3.8, 4) is 0 Å². The number of Topliss-reactive ketones (excluding diaryl/α,β-unsaturated/α-hetero) is 1. The lowest BCUT2D eigenvalue weighted by Crippen LogP contribution is -2.34. The van der Waals surface area contributed by atoms with Gasteiger partial charge in [-0.25, -0.2) is 0 Å². The van der Waals surface area contributed by atoms with Gasteiger partial charge in [0, 0.05) is 41.3 Å². The van der Waals surface area contributed by atoms with Crippen LogP contribution in [-0.2, 0) is 4.79 Å². The molecule has 1 rings (SSSR count). The van der Waals surface area contributed by atoms with Crippen LogP contribution in [-0.4, -0.2) is 29.9 Å². The number of carbonyl (C=O) groups excluding carboxylic acids is 2. The first-order chi connectivity index (χ1) is 9.75. The maximum absolute atomic E-state index is 12.1. The van der Waals surface area contributed by atoms with Crippen LogP contribution in [0.15, 0.2) is 6.07 Å². The van der Waals surface area contributed by atoms with E-state index in [9.17, 15) is 9.59 Å². The van der Waals surface area contributed by atoms with Crippen LogP contribution in [0.2, 0.25) is 0 Å². The third kappa shape index (κ3) is 5.98. The van der Waals surface area contributed by atoms with Gasteiger partial charge in [0.1, 0.15) is 0 Å². The minimum absolute atomic E-state index is 0.0293. The number of rotatable bonds is 8. The van der Waals surface area contributed by atoms with E-state index in [-0.39, 0.29) is 36.6 Å². The smallest absolute Gasteiger partial charge is 0.220 e. The largest absolute Gasteiger partial charge is 0.396 e. The third-order valence-electron chi connectivity index (χ3n) is 3.47. The third-order valence-corrected chi connectivity index (χ3v) is 4.44. The first-order valence-corrected chi connectivity index (χ1v) is 8.04. The van der Waals surface area contributed by atoms with Gasteiger partial charge in [0.05, 0.1) is 0 Å². The number of carbonyl (C=O) groups is 2. The van der Waals surface area contributed by atoms with E-state index in [1.165, 1.54) is 0 Å². The van der Waals surface area contributed by atoms with Gasteiger partial charge in [0.2, 0.25) is 5.91 Å². The van der Waals surface area contributed by atoms with Gasteiger partial charge in [-0.2, -0.15) is 0 Å². The van der Waals surface area contributed by atoms with Crippen LogP contribution in [0.3, 0.4) is 0 Å². The summed E-state index contributed by atoms with van der Waals surface area (Å²) in [5, 5.41) is 11.8. The molecule has 0 atom stereocenters. The number of nitrogens with one attached hydrogen (secondary N) is 1. The number of aryl methyl sites for hydroxylation is 2. The molecule has 1 heterocycles. The average molecular weight is 311 g/mol. The van der Waals surface area contributed by atoms with E-state index >= 15 is 0 Å². The molecule has 0 saturated heterocycles. The topological polar surface area (TPSA) is 66.4 Å². The van der Waals surface area contributed by atoms with E-state index in [2.05, 4.69) is 5.32 Å². The van der Waals surface area contributed by atoms with Gasteiger partial charge in [-0.15, -0.1) is 11.3 Å². The van der Waals surface area contributed by atoms with Crippen molar-refractivity contribution in [3.63, 3.8) is 0 Å². The SMILES string of the molecule is Cc1cc(C(=O)CCC(=O)NCC(C)(C)CCO)c(C)s1. The summed E-state index contributed by atoms with van der Waals surface area (Å²) in [6.07, 6.45) is 1.09. The molecule has 0 aliphatic heterocycles. The number of hydrogen-bond acceptors (Lipinski definition) is 4. The molecular formula is C16H25NO3S. The maximum atomic E-state index is 12.1. The Bertz CT molecular complexity index is 506. The molecule has 0 radical (unpaired) electrons. The minimum Gasteiger partial charge on any atom is -0.396 e. The highest BCUT2D eigenvalue weighted by molar-refractivity contribution is 7.12. The summed E-state index contributed by atoms with van der Waals surface area (Å²) in [5.74, 6) is -0.0828. The molecule has 0 aromatic carbocycles. The lowest BCUT2D eigenvalue weighted by atomic mass is 9.90. The second-order valence-electron chi connectivity index (χ2n) is 6.16. The molecule has 2 N–H and O–H groups in total.